The summed E-state index contributed by atoms with van der Waals surface area (Å²) >= 11 is 7.53. The van der Waals surface area contributed by atoms with E-state index in [2.05, 4.69) is 5.32 Å². The number of hydrogen-bond acceptors (Lipinski definition) is 3. The molecule has 3 nitrogen and oxygen atoms in total. The molecule has 1 heterocycles. The predicted octanol–water partition coefficient (Wildman–Crippen LogP) is 2.70. The summed E-state index contributed by atoms with van der Waals surface area (Å²) in [6, 6.07) is 5.61. The van der Waals surface area contributed by atoms with Crippen LogP contribution in [-0.4, -0.2) is 22.9 Å². The molecule has 1 aliphatic heterocycles. The standard InChI is InChI=1S/C10H10ClNO2S/c11-6-1-2-9-8(3-6)12-7(5-15-9)4-10(13)14/h1-3,7,12H,4-5H2,(H,13,14). The van der Waals surface area contributed by atoms with Gasteiger partial charge in [-0.2, -0.15) is 0 Å². The zero-order valence-electron chi connectivity index (χ0n) is 7.87. The van der Waals surface area contributed by atoms with E-state index in [1.54, 1.807) is 11.8 Å². The van der Waals surface area contributed by atoms with Crippen LogP contribution in [0.15, 0.2) is 23.1 Å². The summed E-state index contributed by atoms with van der Waals surface area (Å²) in [6.45, 7) is 0. The lowest BCUT2D eigenvalue weighted by Gasteiger charge is -2.25. The van der Waals surface area contributed by atoms with Gasteiger partial charge in [0.15, 0.2) is 0 Å². The molecule has 1 aliphatic rings. The van der Waals surface area contributed by atoms with Crippen molar-refractivity contribution in [3.63, 3.8) is 0 Å². The first-order valence-corrected chi connectivity index (χ1v) is 5.92. The van der Waals surface area contributed by atoms with Gasteiger partial charge in [0.2, 0.25) is 0 Å². The van der Waals surface area contributed by atoms with E-state index >= 15 is 0 Å². The van der Waals surface area contributed by atoms with E-state index in [0.29, 0.717) is 5.02 Å². The van der Waals surface area contributed by atoms with Crippen LogP contribution in [0.25, 0.3) is 0 Å². The third-order valence-corrected chi connectivity index (χ3v) is 3.63. The Morgan fingerprint density at radius 1 is 1.67 bits per heavy atom. The van der Waals surface area contributed by atoms with E-state index in [0.717, 1.165) is 16.3 Å². The van der Waals surface area contributed by atoms with Gasteiger partial charge in [-0.3, -0.25) is 4.79 Å². The lowest BCUT2D eigenvalue weighted by molar-refractivity contribution is -0.137. The van der Waals surface area contributed by atoms with Crippen molar-refractivity contribution in [2.75, 3.05) is 11.1 Å². The fourth-order valence-corrected chi connectivity index (χ4v) is 2.71. The molecule has 15 heavy (non-hydrogen) atoms. The number of nitrogens with one attached hydrogen (secondary N) is 1. The highest BCUT2D eigenvalue weighted by atomic mass is 35.5. The summed E-state index contributed by atoms with van der Waals surface area (Å²) < 4.78 is 0. The summed E-state index contributed by atoms with van der Waals surface area (Å²) in [4.78, 5) is 11.7. The smallest absolute Gasteiger partial charge is 0.305 e. The Balaban J connectivity index is 2.14. The van der Waals surface area contributed by atoms with Gasteiger partial charge < -0.3 is 10.4 Å². The van der Waals surface area contributed by atoms with Crippen LogP contribution in [0, 0.1) is 0 Å². The molecule has 1 aromatic rings. The molecule has 1 unspecified atom stereocenters. The number of benzene rings is 1. The zero-order chi connectivity index (χ0) is 10.8. The van der Waals surface area contributed by atoms with E-state index < -0.39 is 5.97 Å². The number of carbonyl (C=O) groups is 1. The van der Waals surface area contributed by atoms with Gasteiger partial charge in [0, 0.05) is 27.4 Å². The van der Waals surface area contributed by atoms with E-state index in [1.807, 2.05) is 18.2 Å². The van der Waals surface area contributed by atoms with E-state index in [4.69, 9.17) is 16.7 Å². The number of thioether (sulfide) groups is 1. The molecule has 0 saturated heterocycles. The Bertz CT molecular complexity index is 397. The molecule has 0 bridgehead atoms. The number of carboxylic acid groups (broad SMARTS) is 1. The van der Waals surface area contributed by atoms with Crippen LogP contribution < -0.4 is 5.32 Å². The molecular formula is C10H10ClNO2S. The van der Waals surface area contributed by atoms with Crippen LogP contribution >= 0.6 is 23.4 Å². The molecule has 0 aliphatic carbocycles. The lowest BCUT2D eigenvalue weighted by atomic mass is 10.2. The van der Waals surface area contributed by atoms with Crippen molar-refractivity contribution in [2.45, 2.75) is 17.4 Å². The highest BCUT2D eigenvalue weighted by Gasteiger charge is 2.20. The second-order valence-corrected chi connectivity index (χ2v) is 4.89. The molecule has 80 valence electrons. The summed E-state index contributed by atoms with van der Waals surface area (Å²) in [7, 11) is 0. The Labute approximate surface area is 96.8 Å². The number of carboxylic acids is 1. The Morgan fingerprint density at radius 2 is 2.47 bits per heavy atom. The number of fused-ring (bicyclic) bond motifs is 1. The van der Waals surface area contributed by atoms with Crippen molar-refractivity contribution in [3.05, 3.63) is 23.2 Å². The lowest BCUT2D eigenvalue weighted by Crippen LogP contribution is -2.28. The molecule has 0 saturated carbocycles. The molecule has 0 aromatic heterocycles. The molecule has 1 aromatic carbocycles. The van der Waals surface area contributed by atoms with Crippen LogP contribution in [0.4, 0.5) is 5.69 Å². The van der Waals surface area contributed by atoms with Gasteiger partial charge in [-0.1, -0.05) is 11.6 Å². The fourth-order valence-electron chi connectivity index (χ4n) is 1.51. The average molecular weight is 244 g/mol. The molecular weight excluding hydrogens is 234 g/mol. The van der Waals surface area contributed by atoms with Gasteiger partial charge in [0.25, 0.3) is 0 Å². The predicted molar refractivity (Wildman–Crippen MR) is 61.8 cm³/mol. The van der Waals surface area contributed by atoms with Crippen molar-refractivity contribution in [1.82, 2.24) is 0 Å². The van der Waals surface area contributed by atoms with E-state index in [1.165, 1.54) is 0 Å². The highest BCUT2D eigenvalue weighted by molar-refractivity contribution is 7.99. The monoisotopic (exact) mass is 243 g/mol. The molecule has 2 rings (SSSR count). The molecule has 5 heteroatoms. The molecule has 0 radical (unpaired) electrons. The Hall–Kier alpha value is -0.870. The first-order valence-electron chi connectivity index (χ1n) is 4.56. The van der Waals surface area contributed by atoms with Gasteiger partial charge in [-0.05, 0) is 18.2 Å². The van der Waals surface area contributed by atoms with Gasteiger partial charge >= 0.3 is 5.97 Å². The third kappa shape index (κ3) is 2.58. The Morgan fingerprint density at radius 3 is 3.20 bits per heavy atom. The maximum absolute atomic E-state index is 10.6. The largest absolute Gasteiger partial charge is 0.481 e. The number of halogens is 1. The summed E-state index contributed by atoms with van der Waals surface area (Å²) in [5, 5.41) is 12.5. The van der Waals surface area contributed by atoms with Gasteiger partial charge in [-0.25, -0.2) is 0 Å². The van der Waals surface area contributed by atoms with Gasteiger partial charge in [-0.15, -0.1) is 11.8 Å². The van der Waals surface area contributed by atoms with Crippen molar-refractivity contribution < 1.29 is 9.90 Å². The molecule has 0 spiro atoms. The van der Waals surface area contributed by atoms with Crippen LogP contribution in [0.2, 0.25) is 5.02 Å². The minimum atomic E-state index is -0.779. The summed E-state index contributed by atoms with van der Waals surface area (Å²) in [6.07, 6.45) is 0.138. The van der Waals surface area contributed by atoms with E-state index in [9.17, 15) is 4.79 Å². The second-order valence-electron chi connectivity index (χ2n) is 3.39. The highest BCUT2D eigenvalue weighted by Crippen LogP contribution is 2.35. The minimum absolute atomic E-state index is 0.0153. The number of hydrogen-bond donors (Lipinski definition) is 2. The molecule has 1 atom stereocenters. The van der Waals surface area contributed by atoms with Gasteiger partial charge in [0.1, 0.15) is 0 Å². The average Bonchev–Trinajstić information content (AvgIpc) is 2.16. The Kier molecular flexibility index (Phi) is 3.07. The normalized spacial score (nSPS) is 19.1. The van der Waals surface area contributed by atoms with Crippen LogP contribution in [0.1, 0.15) is 6.42 Å². The second kappa shape index (κ2) is 4.33. The third-order valence-electron chi connectivity index (χ3n) is 2.16. The first-order chi connectivity index (χ1) is 7.15. The minimum Gasteiger partial charge on any atom is -0.481 e. The van der Waals surface area contributed by atoms with Crippen LogP contribution in [0.3, 0.4) is 0 Å². The maximum Gasteiger partial charge on any atom is 0.305 e. The quantitative estimate of drug-likeness (QED) is 0.839. The number of anilines is 1. The maximum atomic E-state index is 10.6. The van der Waals surface area contributed by atoms with E-state index in [-0.39, 0.29) is 12.5 Å². The number of aliphatic carboxylic acids is 1. The zero-order valence-corrected chi connectivity index (χ0v) is 9.44. The van der Waals surface area contributed by atoms with Crippen molar-refractivity contribution in [3.8, 4) is 0 Å². The van der Waals surface area contributed by atoms with Crippen molar-refractivity contribution in [1.29, 1.82) is 0 Å². The topological polar surface area (TPSA) is 49.3 Å². The SMILES string of the molecule is O=C(O)CC1CSc2ccc(Cl)cc2N1. The van der Waals surface area contributed by atoms with Crippen LogP contribution in [0.5, 0.6) is 0 Å². The molecule has 0 amide bonds. The summed E-state index contributed by atoms with van der Waals surface area (Å²) in [5.41, 5.74) is 0.935. The first kappa shape index (κ1) is 10.6. The molecule has 2 N–H and O–H groups in total. The molecule has 0 fully saturated rings. The fraction of sp³-hybridized carbons (Fsp3) is 0.300. The van der Waals surface area contributed by atoms with Gasteiger partial charge in [0.05, 0.1) is 6.42 Å². The summed E-state index contributed by atoms with van der Waals surface area (Å²) in [5.74, 6) is -0.000392. The van der Waals surface area contributed by atoms with Crippen molar-refractivity contribution in [2.24, 2.45) is 0 Å². The van der Waals surface area contributed by atoms with Crippen molar-refractivity contribution >= 4 is 35.0 Å². The number of rotatable bonds is 2. The van der Waals surface area contributed by atoms with Crippen LogP contribution in [-0.2, 0) is 4.79 Å².